The maximum Gasteiger partial charge on any atom is 0.228 e. The molecule has 0 unspecified atom stereocenters. The summed E-state index contributed by atoms with van der Waals surface area (Å²) in [6.07, 6.45) is 0.371. The van der Waals surface area contributed by atoms with E-state index in [2.05, 4.69) is 21.2 Å². The van der Waals surface area contributed by atoms with Crippen molar-refractivity contribution in [3.05, 3.63) is 45.9 Å². The van der Waals surface area contributed by atoms with Gasteiger partial charge in [0.2, 0.25) is 5.91 Å². The van der Waals surface area contributed by atoms with Crippen molar-refractivity contribution in [2.24, 2.45) is 0 Å². The van der Waals surface area contributed by atoms with Crippen LogP contribution in [0.25, 0.3) is 0 Å². The lowest BCUT2D eigenvalue weighted by atomic mass is 10.1. The maximum absolute atomic E-state index is 11.4. The van der Waals surface area contributed by atoms with Gasteiger partial charge in [-0.3, -0.25) is 4.79 Å². The van der Waals surface area contributed by atoms with E-state index < -0.39 is 0 Å². The number of fused-ring (bicyclic) bond motifs is 1. The third kappa shape index (κ3) is 2.36. The smallest absolute Gasteiger partial charge is 0.228 e. The van der Waals surface area contributed by atoms with Crippen LogP contribution in [0.5, 0.6) is 11.5 Å². The summed E-state index contributed by atoms with van der Waals surface area (Å²) >= 11 is 3.42. The summed E-state index contributed by atoms with van der Waals surface area (Å²) < 4.78 is 6.81. The second kappa shape index (κ2) is 4.83. The highest BCUT2D eigenvalue weighted by Crippen LogP contribution is 2.37. The van der Waals surface area contributed by atoms with E-state index in [1.54, 1.807) is 12.1 Å². The molecule has 2 aromatic rings. The fraction of sp³-hybridized carbons (Fsp3) is 0.133. The van der Waals surface area contributed by atoms with Gasteiger partial charge >= 0.3 is 0 Å². The molecule has 0 radical (unpaired) electrons. The van der Waals surface area contributed by atoms with E-state index in [1.807, 2.05) is 25.1 Å². The number of rotatable bonds is 2. The molecule has 4 nitrogen and oxygen atoms in total. The highest BCUT2D eigenvalue weighted by molar-refractivity contribution is 9.10. The first-order valence-corrected chi connectivity index (χ1v) is 6.98. The minimum absolute atomic E-state index is 0.0183. The van der Waals surface area contributed by atoms with Gasteiger partial charge in [0.1, 0.15) is 5.75 Å². The lowest BCUT2D eigenvalue weighted by molar-refractivity contribution is -0.115. The number of aryl methyl sites for hydroxylation is 1. The molecule has 1 aliphatic rings. The lowest BCUT2D eigenvalue weighted by Crippen LogP contribution is -2.03. The Balaban J connectivity index is 1.97. The number of nitrogen functional groups attached to an aromatic ring is 1. The Labute approximate surface area is 125 Å². The molecule has 1 heterocycles. The molecule has 3 rings (SSSR count). The molecule has 0 fully saturated rings. The van der Waals surface area contributed by atoms with Gasteiger partial charge in [-0.2, -0.15) is 0 Å². The molecule has 0 aromatic heterocycles. The summed E-state index contributed by atoms with van der Waals surface area (Å²) in [7, 11) is 0. The average molecular weight is 333 g/mol. The fourth-order valence-corrected chi connectivity index (χ4v) is 2.50. The summed E-state index contributed by atoms with van der Waals surface area (Å²) in [4.78, 5) is 11.4. The van der Waals surface area contributed by atoms with Crippen molar-refractivity contribution in [2.45, 2.75) is 13.3 Å². The van der Waals surface area contributed by atoms with Crippen LogP contribution in [0.15, 0.2) is 34.8 Å². The Bertz CT molecular complexity index is 713. The highest BCUT2D eigenvalue weighted by atomic mass is 79.9. The Morgan fingerprint density at radius 1 is 1.25 bits per heavy atom. The van der Waals surface area contributed by atoms with Crippen molar-refractivity contribution in [1.82, 2.24) is 0 Å². The van der Waals surface area contributed by atoms with Gasteiger partial charge in [-0.25, -0.2) is 0 Å². The number of nitrogens with one attached hydrogen (secondary N) is 1. The standard InChI is InChI=1S/C15H13BrN2O2/c1-8-2-3-10(16)6-13(8)20-14-7-12-9(4-11(14)17)5-15(19)18-12/h2-4,6-7H,5,17H2,1H3,(H,18,19). The number of carbonyl (C=O) groups is 1. The molecule has 0 atom stereocenters. The zero-order valence-corrected chi connectivity index (χ0v) is 12.5. The van der Waals surface area contributed by atoms with E-state index in [9.17, 15) is 4.79 Å². The molecule has 0 spiro atoms. The van der Waals surface area contributed by atoms with E-state index in [-0.39, 0.29) is 5.91 Å². The van der Waals surface area contributed by atoms with Gasteiger partial charge in [0.15, 0.2) is 5.75 Å². The minimum Gasteiger partial charge on any atom is -0.455 e. The van der Waals surface area contributed by atoms with E-state index in [1.165, 1.54) is 0 Å². The fourth-order valence-electron chi connectivity index (χ4n) is 2.16. The van der Waals surface area contributed by atoms with Crippen LogP contribution in [0.2, 0.25) is 0 Å². The van der Waals surface area contributed by atoms with Crippen molar-refractivity contribution in [2.75, 3.05) is 11.1 Å². The normalized spacial score (nSPS) is 13.0. The predicted molar refractivity (Wildman–Crippen MR) is 82.1 cm³/mol. The van der Waals surface area contributed by atoms with Gasteiger partial charge in [0.25, 0.3) is 0 Å². The molecule has 20 heavy (non-hydrogen) atoms. The van der Waals surface area contributed by atoms with Crippen molar-refractivity contribution < 1.29 is 9.53 Å². The Morgan fingerprint density at radius 3 is 2.85 bits per heavy atom. The highest BCUT2D eigenvalue weighted by Gasteiger charge is 2.20. The molecule has 0 saturated carbocycles. The molecule has 1 amide bonds. The summed E-state index contributed by atoms with van der Waals surface area (Å²) in [5.41, 5.74) is 9.22. The molecule has 1 aliphatic heterocycles. The third-order valence-electron chi connectivity index (χ3n) is 3.23. The van der Waals surface area contributed by atoms with Crippen LogP contribution < -0.4 is 15.8 Å². The Hall–Kier alpha value is -2.01. The molecule has 2 aromatic carbocycles. The second-order valence-corrected chi connectivity index (χ2v) is 5.70. The summed E-state index contributed by atoms with van der Waals surface area (Å²) in [6.45, 7) is 1.97. The molecule has 0 saturated heterocycles. The SMILES string of the molecule is Cc1ccc(Br)cc1Oc1cc2c(cc1N)CC(=O)N2. The molecular formula is C15H13BrN2O2. The zero-order chi connectivity index (χ0) is 14.3. The van der Waals surface area contributed by atoms with Gasteiger partial charge < -0.3 is 15.8 Å². The topological polar surface area (TPSA) is 64.3 Å². The van der Waals surface area contributed by atoms with E-state index >= 15 is 0 Å². The number of ether oxygens (including phenoxy) is 1. The Morgan fingerprint density at radius 2 is 2.05 bits per heavy atom. The van der Waals surface area contributed by atoms with Crippen molar-refractivity contribution >= 4 is 33.2 Å². The number of halogens is 1. The van der Waals surface area contributed by atoms with Crippen LogP contribution in [0.4, 0.5) is 11.4 Å². The molecule has 5 heteroatoms. The van der Waals surface area contributed by atoms with Crippen molar-refractivity contribution in [3.63, 3.8) is 0 Å². The van der Waals surface area contributed by atoms with Crippen LogP contribution in [0, 0.1) is 6.92 Å². The van der Waals surface area contributed by atoms with Gasteiger partial charge in [0, 0.05) is 16.2 Å². The van der Waals surface area contributed by atoms with Crippen LogP contribution in [0.3, 0.4) is 0 Å². The molecule has 0 aliphatic carbocycles. The van der Waals surface area contributed by atoms with E-state index in [0.717, 1.165) is 27.0 Å². The van der Waals surface area contributed by atoms with Crippen LogP contribution in [-0.2, 0) is 11.2 Å². The van der Waals surface area contributed by atoms with E-state index in [0.29, 0.717) is 17.9 Å². The number of hydrogen-bond donors (Lipinski definition) is 2. The first-order chi connectivity index (χ1) is 9.52. The van der Waals surface area contributed by atoms with Crippen LogP contribution in [0.1, 0.15) is 11.1 Å². The van der Waals surface area contributed by atoms with Gasteiger partial charge in [-0.05, 0) is 36.2 Å². The minimum atomic E-state index is -0.0183. The molecular weight excluding hydrogens is 320 g/mol. The van der Waals surface area contributed by atoms with Gasteiger partial charge in [-0.15, -0.1) is 0 Å². The first kappa shape index (κ1) is 13.0. The second-order valence-electron chi connectivity index (χ2n) is 4.78. The van der Waals surface area contributed by atoms with Crippen molar-refractivity contribution in [3.8, 4) is 11.5 Å². The predicted octanol–water partition coefficient (Wildman–Crippen LogP) is 3.63. The molecule has 102 valence electrons. The van der Waals surface area contributed by atoms with Crippen molar-refractivity contribution in [1.29, 1.82) is 0 Å². The monoisotopic (exact) mass is 332 g/mol. The maximum atomic E-state index is 11.4. The number of hydrogen-bond acceptors (Lipinski definition) is 3. The van der Waals surface area contributed by atoms with Gasteiger partial charge in [-0.1, -0.05) is 22.0 Å². The van der Waals surface area contributed by atoms with E-state index in [4.69, 9.17) is 10.5 Å². The number of carbonyl (C=O) groups excluding carboxylic acids is 1. The summed E-state index contributed by atoms with van der Waals surface area (Å²) in [6, 6.07) is 9.37. The van der Waals surface area contributed by atoms with Crippen LogP contribution >= 0.6 is 15.9 Å². The number of nitrogens with two attached hydrogens (primary N) is 1. The third-order valence-corrected chi connectivity index (χ3v) is 3.72. The summed E-state index contributed by atoms with van der Waals surface area (Å²) in [5.74, 6) is 1.26. The largest absolute Gasteiger partial charge is 0.455 e. The molecule has 0 bridgehead atoms. The van der Waals surface area contributed by atoms with Gasteiger partial charge in [0.05, 0.1) is 12.1 Å². The number of benzene rings is 2. The molecule has 3 N–H and O–H groups in total. The first-order valence-electron chi connectivity index (χ1n) is 6.19. The number of anilines is 2. The Kier molecular flexibility index (Phi) is 3.14. The van der Waals surface area contributed by atoms with Crippen LogP contribution in [-0.4, -0.2) is 5.91 Å². The number of amides is 1. The summed E-state index contributed by atoms with van der Waals surface area (Å²) in [5, 5.41) is 2.79. The lowest BCUT2D eigenvalue weighted by Gasteiger charge is -2.12. The quantitative estimate of drug-likeness (QED) is 0.825. The zero-order valence-electron chi connectivity index (χ0n) is 10.9. The average Bonchev–Trinajstić information content (AvgIpc) is 2.73.